The van der Waals surface area contributed by atoms with Crippen LogP contribution in [0.1, 0.15) is 109 Å². The molecule has 1 aromatic heterocycles. The maximum atomic E-state index is 14.5. The van der Waals surface area contributed by atoms with Crippen LogP contribution in [0.4, 0.5) is 4.39 Å². The molecule has 0 spiro atoms. The van der Waals surface area contributed by atoms with Gasteiger partial charge in [0.25, 0.3) is 0 Å². The minimum atomic E-state index is -0.489. The van der Waals surface area contributed by atoms with Crippen LogP contribution in [0.3, 0.4) is 0 Å². The van der Waals surface area contributed by atoms with E-state index in [1.165, 1.54) is 51.4 Å². The van der Waals surface area contributed by atoms with Gasteiger partial charge in [0.2, 0.25) is 5.95 Å². The van der Waals surface area contributed by atoms with Crippen LogP contribution in [-0.4, -0.2) is 15.9 Å². The zero-order valence-corrected chi connectivity index (χ0v) is 21.7. The summed E-state index contributed by atoms with van der Waals surface area (Å²) in [6, 6.07) is 7.13. The number of rotatable bonds is 14. The van der Waals surface area contributed by atoms with Crippen molar-refractivity contribution in [2.45, 2.75) is 110 Å². The molecule has 0 N–H and O–H groups in total. The number of carbonyl (C=O) groups is 1. The Balaban J connectivity index is 1.45. The SMILES string of the molecule is CCCCCCCCc1ncc(-c2ccc(OC(=O)[C@H]3CC[C@H](CCCCC)CC3)cc2)nc1F. The summed E-state index contributed by atoms with van der Waals surface area (Å²) in [6.07, 6.45) is 18.5. The number of hydrogen-bond donors (Lipinski definition) is 0. The Morgan fingerprint density at radius 2 is 1.57 bits per heavy atom. The highest BCUT2D eigenvalue weighted by Crippen LogP contribution is 2.33. The van der Waals surface area contributed by atoms with Crippen molar-refractivity contribution in [2.24, 2.45) is 11.8 Å². The first kappa shape index (κ1) is 27.3. The number of benzene rings is 1. The second-order valence-corrected chi connectivity index (χ2v) is 10.2. The highest BCUT2D eigenvalue weighted by Gasteiger charge is 2.27. The molecule has 0 saturated heterocycles. The van der Waals surface area contributed by atoms with Crippen LogP contribution < -0.4 is 4.74 Å². The number of unbranched alkanes of at least 4 members (excludes halogenated alkanes) is 7. The molecule has 0 atom stereocenters. The van der Waals surface area contributed by atoms with E-state index in [1.54, 1.807) is 18.3 Å². The fourth-order valence-corrected chi connectivity index (χ4v) is 5.03. The summed E-state index contributed by atoms with van der Waals surface area (Å²) in [5, 5.41) is 0. The van der Waals surface area contributed by atoms with Gasteiger partial charge in [-0.1, -0.05) is 71.6 Å². The topological polar surface area (TPSA) is 52.1 Å². The lowest BCUT2D eigenvalue weighted by Gasteiger charge is -2.27. The van der Waals surface area contributed by atoms with E-state index in [2.05, 4.69) is 23.8 Å². The second kappa shape index (κ2) is 15.0. The van der Waals surface area contributed by atoms with E-state index in [0.717, 1.165) is 50.0 Å². The number of hydrogen-bond acceptors (Lipinski definition) is 4. The van der Waals surface area contributed by atoms with Crippen LogP contribution in [-0.2, 0) is 11.2 Å². The van der Waals surface area contributed by atoms with E-state index in [0.29, 0.717) is 23.6 Å². The molecule has 1 saturated carbocycles. The third kappa shape index (κ3) is 9.01. The van der Waals surface area contributed by atoms with E-state index in [9.17, 15) is 9.18 Å². The highest BCUT2D eigenvalue weighted by atomic mass is 19.1. The minimum Gasteiger partial charge on any atom is -0.426 e. The van der Waals surface area contributed by atoms with Crippen molar-refractivity contribution >= 4 is 5.97 Å². The van der Waals surface area contributed by atoms with Crippen LogP contribution in [0, 0.1) is 17.8 Å². The quantitative estimate of drug-likeness (QED) is 0.154. The Morgan fingerprint density at radius 1 is 0.914 bits per heavy atom. The van der Waals surface area contributed by atoms with Crippen molar-refractivity contribution in [3.8, 4) is 17.0 Å². The summed E-state index contributed by atoms with van der Waals surface area (Å²) in [7, 11) is 0. The van der Waals surface area contributed by atoms with Crippen molar-refractivity contribution in [2.75, 3.05) is 0 Å². The van der Waals surface area contributed by atoms with Crippen molar-refractivity contribution in [3.63, 3.8) is 0 Å². The molecule has 4 nitrogen and oxygen atoms in total. The number of esters is 1. The van der Waals surface area contributed by atoms with Gasteiger partial charge in [0, 0.05) is 5.56 Å². The van der Waals surface area contributed by atoms with Crippen molar-refractivity contribution < 1.29 is 13.9 Å². The highest BCUT2D eigenvalue weighted by molar-refractivity contribution is 5.75. The summed E-state index contributed by atoms with van der Waals surface area (Å²) >= 11 is 0. The standard InChI is InChI=1S/C30H43FN2O2/c1-3-5-7-8-9-11-13-27-29(31)33-28(22-32-27)24-18-20-26(21-19-24)35-30(34)25-16-14-23(15-17-25)12-10-6-4-2/h18-23,25H,3-17H2,1-2H3/t23-,25-. The van der Waals surface area contributed by atoms with Gasteiger partial charge in [0.05, 0.1) is 23.5 Å². The van der Waals surface area contributed by atoms with E-state index in [1.807, 2.05) is 12.1 Å². The molecular formula is C30H43FN2O2. The predicted molar refractivity (Wildman–Crippen MR) is 140 cm³/mol. The summed E-state index contributed by atoms with van der Waals surface area (Å²) in [5.41, 5.74) is 1.69. The largest absolute Gasteiger partial charge is 0.426 e. The van der Waals surface area contributed by atoms with Gasteiger partial charge in [0.1, 0.15) is 5.75 Å². The van der Waals surface area contributed by atoms with Gasteiger partial charge < -0.3 is 4.74 Å². The molecule has 1 aliphatic rings. The zero-order valence-electron chi connectivity index (χ0n) is 21.7. The third-order valence-corrected chi connectivity index (χ3v) is 7.33. The average Bonchev–Trinajstić information content (AvgIpc) is 2.88. The van der Waals surface area contributed by atoms with Crippen molar-refractivity contribution in [1.29, 1.82) is 0 Å². The lowest BCUT2D eigenvalue weighted by Crippen LogP contribution is -2.25. The van der Waals surface area contributed by atoms with Crippen LogP contribution in [0.25, 0.3) is 11.3 Å². The number of halogens is 1. The fourth-order valence-electron chi connectivity index (χ4n) is 5.03. The van der Waals surface area contributed by atoms with Gasteiger partial charge >= 0.3 is 5.97 Å². The maximum Gasteiger partial charge on any atom is 0.314 e. The Bertz CT molecular complexity index is 892. The number of carbonyl (C=O) groups excluding carboxylic acids is 1. The lowest BCUT2D eigenvalue weighted by atomic mass is 9.80. The molecule has 0 amide bonds. The molecular weight excluding hydrogens is 439 g/mol. The molecule has 2 aromatic rings. The number of aromatic nitrogens is 2. The number of aryl methyl sites for hydroxylation is 1. The summed E-state index contributed by atoms with van der Waals surface area (Å²) in [4.78, 5) is 21.1. The van der Waals surface area contributed by atoms with Gasteiger partial charge in [-0.3, -0.25) is 9.78 Å². The molecule has 1 heterocycles. The number of nitrogens with zero attached hydrogens (tertiary/aromatic N) is 2. The Labute approximate surface area is 211 Å². The molecule has 1 aliphatic carbocycles. The normalized spacial score (nSPS) is 17.9. The van der Waals surface area contributed by atoms with Crippen LogP contribution in [0.15, 0.2) is 30.5 Å². The monoisotopic (exact) mass is 482 g/mol. The van der Waals surface area contributed by atoms with Crippen molar-refractivity contribution in [1.82, 2.24) is 9.97 Å². The van der Waals surface area contributed by atoms with Gasteiger partial charge in [-0.05, 0) is 68.7 Å². The summed E-state index contributed by atoms with van der Waals surface area (Å²) in [6.45, 7) is 4.44. The zero-order chi connectivity index (χ0) is 24.9. The molecule has 192 valence electrons. The first-order chi connectivity index (χ1) is 17.1. The first-order valence-electron chi connectivity index (χ1n) is 13.9. The van der Waals surface area contributed by atoms with E-state index < -0.39 is 5.95 Å². The average molecular weight is 483 g/mol. The first-order valence-corrected chi connectivity index (χ1v) is 13.9. The van der Waals surface area contributed by atoms with E-state index in [-0.39, 0.29) is 11.9 Å². The Hall–Kier alpha value is -2.30. The van der Waals surface area contributed by atoms with Crippen LogP contribution in [0.2, 0.25) is 0 Å². The molecule has 0 bridgehead atoms. The minimum absolute atomic E-state index is 0.00347. The second-order valence-electron chi connectivity index (χ2n) is 10.2. The molecule has 3 rings (SSSR count). The third-order valence-electron chi connectivity index (χ3n) is 7.33. The molecule has 0 aliphatic heterocycles. The molecule has 0 unspecified atom stereocenters. The Kier molecular flexibility index (Phi) is 11.7. The number of ether oxygens (including phenoxy) is 1. The van der Waals surface area contributed by atoms with Crippen LogP contribution in [0.5, 0.6) is 5.75 Å². The summed E-state index contributed by atoms with van der Waals surface area (Å²) in [5.74, 6) is 0.670. The predicted octanol–water partition coefficient (Wildman–Crippen LogP) is 8.48. The lowest BCUT2D eigenvalue weighted by molar-refractivity contribution is -0.140. The van der Waals surface area contributed by atoms with E-state index >= 15 is 0 Å². The van der Waals surface area contributed by atoms with Crippen LogP contribution >= 0.6 is 0 Å². The van der Waals surface area contributed by atoms with Gasteiger partial charge in [-0.15, -0.1) is 0 Å². The molecule has 1 fully saturated rings. The molecule has 1 aromatic carbocycles. The molecule has 0 radical (unpaired) electrons. The smallest absolute Gasteiger partial charge is 0.314 e. The summed E-state index contributed by atoms with van der Waals surface area (Å²) < 4.78 is 20.1. The van der Waals surface area contributed by atoms with Gasteiger partial charge in [0.15, 0.2) is 0 Å². The van der Waals surface area contributed by atoms with E-state index in [4.69, 9.17) is 4.74 Å². The maximum absolute atomic E-state index is 14.5. The molecule has 5 heteroatoms. The Morgan fingerprint density at radius 3 is 2.26 bits per heavy atom. The fraction of sp³-hybridized carbons (Fsp3) is 0.633. The molecule has 35 heavy (non-hydrogen) atoms. The van der Waals surface area contributed by atoms with Gasteiger partial charge in [-0.2, -0.15) is 4.39 Å². The van der Waals surface area contributed by atoms with Crippen molar-refractivity contribution in [3.05, 3.63) is 42.1 Å². The van der Waals surface area contributed by atoms with Gasteiger partial charge in [-0.25, -0.2) is 4.98 Å².